The molecule has 0 saturated carbocycles. The van der Waals surface area contributed by atoms with E-state index in [1.54, 1.807) is 42.5 Å². The highest BCUT2D eigenvalue weighted by Gasteiger charge is 2.27. The number of carbonyl (C=O) groups excluding carboxylic acids is 1. The van der Waals surface area contributed by atoms with Gasteiger partial charge in [-0.1, -0.05) is 55.0 Å². The number of hydrogen-bond donors (Lipinski definition) is 1. The van der Waals surface area contributed by atoms with Crippen LogP contribution in [0, 0.1) is 0 Å². The van der Waals surface area contributed by atoms with Gasteiger partial charge >= 0.3 is 0 Å². The summed E-state index contributed by atoms with van der Waals surface area (Å²) in [5.41, 5.74) is 2.57. The second-order valence-electron chi connectivity index (χ2n) is 8.96. The van der Waals surface area contributed by atoms with Crippen LogP contribution in [0.5, 0.6) is 5.75 Å². The molecule has 3 aromatic carbocycles. The van der Waals surface area contributed by atoms with Gasteiger partial charge in [0.2, 0.25) is 5.91 Å². The predicted octanol–water partition coefficient (Wildman–Crippen LogP) is 4.19. The number of likely N-dealkylation sites (tertiary alicyclic amines) is 1. The lowest BCUT2D eigenvalue weighted by Gasteiger charge is -2.26. The number of rotatable bonds is 10. The first-order chi connectivity index (χ1) is 17.5. The third-order valence-electron chi connectivity index (χ3n) is 6.33. The molecular formula is C28H33N3O4S. The first-order valence-corrected chi connectivity index (χ1v) is 13.7. The van der Waals surface area contributed by atoms with Gasteiger partial charge in [0.25, 0.3) is 10.0 Å². The highest BCUT2D eigenvalue weighted by atomic mass is 32.2. The fourth-order valence-corrected chi connectivity index (χ4v) is 5.76. The van der Waals surface area contributed by atoms with E-state index in [2.05, 4.69) is 22.3 Å². The number of nitrogens with one attached hydrogen (secondary N) is 1. The average Bonchev–Trinajstić information content (AvgIpc) is 2.92. The summed E-state index contributed by atoms with van der Waals surface area (Å²) in [6, 6.07) is 23.0. The molecule has 0 radical (unpaired) electrons. The molecule has 3 aromatic rings. The van der Waals surface area contributed by atoms with Gasteiger partial charge in [0.15, 0.2) is 0 Å². The Balaban J connectivity index is 1.43. The van der Waals surface area contributed by atoms with E-state index < -0.39 is 15.9 Å². The zero-order valence-electron chi connectivity index (χ0n) is 20.6. The first-order valence-electron chi connectivity index (χ1n) is 12.2. The van der Waals surface area contributed by atoms with Crippen LogP contribution in [0.2, 0.25) is 0 Å². The second-order valence-corrected chi connectivity index (χ2v) is 10.8. The monoisotopic (exact) mass is 507 g/mol. The minimum Gasteiger partial charge on any atom is -0.497 e. The van der Waals surface area contributed by atoms with Crippen LogP contribution < -0.4 is 14.4 Å². The SMILES string of the molecule is COc1cccc(N(CC(=O)NCc2ccc(CN3CCCCC3)cc2)S(=O)(=O)c2ccccc2)c1. The highest BCUT2D eigenvalue weighted by molar-refractivity contribution is 7.92. The quantitative estimate of drug-likeness (QED) is 0.445. The number of ether oxygens (including phenoxy) is 1. The van der Waals surface area contributed by atoms with Gasteiger partial charge in [-0.05, 0) is 61.3 Å². The summed E-state index contributed by atoms with van der Waals surface area (Å²) in [5.74, 6) is 0.112. The van der Waals surface area contributed by atoms with Gasteiger partial charge in [-0.15, -0.1) is 0 Å². The predicted molar refractivity (Wildman–Crippen MR) is 141 cm³/mol. The van der Waals surface area contributed by atoms with Gasteiger partial charge in [-0.3, -0.25) is 14.0 Å². The molecule has 1 saturated heterocycles. The average molecular weight is 508 g/mol. The van der Waals surface area contributed by atoms with Crippen LogP contribution in [0.15, 0.2) is 83.8 Å². The summed E-state index contributed by atoms with van der Waals surface area (Å²) in [5, 5.41) is 2.87. The van der Waals surface area contributed by atoms with Crippen molar-refractivity contribution < 1.29 is 17.9 Å². The molecule has 190 valence electrons. The van der Waals surface area contributed by atoms with Crippen molar-refractivity contribution in [2.45, 2.75) is 37.2 Å². The van der Waals surface area contributed by atoms with Crippen molar-refractivity contribution in [3.8, 4) is 5.75 Å². The molecule has 4 rings (SSSR count). The van der Waals surface area contributed by atoms with E-state index >= 15 is 0 Å². The lowest BCUT2D eigenvalue weighted by atomic mass is 10.1. The van der Waals surface area contributed by atoms with Crippen molar-refractivity contribution in [3.63, 3.8) is 0 Å². The number of hydrogen-bond acceptors (Lipinski definition) is 5. The first kappa shape index (κ1) is 25.7. The summed E-state index contributed by atoms with van der Waals surface area (Å²) < 4.78 is 33.3. The van der Waals surface area contributed by atoms with Gasteiger partial charge in [0, 0.05) is 19.2 Å². The van der Waals surface area contributed by atoms with E-state index in [0.29, 0.717) is 18.0 Å². The molecule has 1 aliphatic heterocycles. The lowest BCUT2D eigenvalue weighted by molar-refractivity contribution is -0.119. The van der Waals surface area contributed by atoms with E-state index in [0.717, 1.165) is 29.5 Å². The summed E-state index contributed by atoms with van der Waals surface area (Å²) in [6.07, 6.45) is 3.84. The van der Waals surface area contributed by atoms with Crippen molar-refractivity contribution in [3.05, 3.63) is 90.0 Å². The van der Waals surface area contributed by atoms with Crippen LogP contribution in [0.3, 0.4) is 0 Å². The van der Waals surface area contributed by atoms with Gasteiger partial charge in [-0.25, -0.2) is 8.42 Å². The van der Waals surface area contributed by atoms with E-state index in [4.69, 9.17) is 4.74 Å². The number of sulfonamides is 1. The largest absolute Gasteiger partial charge is 0.497 e. The summed E-state index contributed by atoms with van der Waals surface area (Å²) in [4.78, 5) is 15.5. The smallest absolute Gasteiger partial charge is 0.264 e. The Kier molecular flexibility index (Phi) is 8.61. The van der Waals surface area contributed by atoms with Crippen molar-refractivity contribution in [2.75, 3.05) is 31.0 Å². The Morgan fingerprint density at radius 1 is 0.917 bits per heavy atom. The number of benzene rings is 3. The van der Waals surface area contributed by atoms with Crippen LogP contribution in [0.1, 0.15) is 30.4 Å². The number of carbonyl (C=O) groups is 1. The highest BCUT2D eigenvalue weighted by Crippen LogP contribution is 2.26. The summed E-state index contributed by atoms with van der Waals surface area (Å²) in [7, 11) is -2.45. The van der Waals surface area contributed by atoms with Crippen LogP contribution >= 0.6 is 0 Å². The third kappa shape index (κ3) is 6.65. The van der Waals surface area contributed by atoms with Gasteiger partial charge in [-0.2, -0.15) is 0 Å². The summed E-state index contributed by atoms with van der Waals surface area (Å²) in [6.45, 7) is 3.21. The van der Waals surface area contributed by atoms with Gasteiger partial charge < -0.3 is 10.1 Å². The van der Waals surface area contributed by atoms with Crippen molar-refractivity contribution in [2.24, 2.45) is 0 Å². The molecule has 0 bridgehead atoms. The number of methoxy groups -OCH3 is 1. The van der Waals surface area contributed by atoms with E-state index in [1.807, 2.05) is 12.1 Å². The molecule has 0 aromatic heterocycles. The van der Waals surface area contributed by atoms with Crippen molar-refractivity contribution >= 4 is 21.6 Å². The van der Waals surface area contributed by atoms with Crippen LogP contribution in [0.25, 0.3) is 0 Å². The Bertz CT molecular complexity index is 1240. The number of nitrogens with zero attached hydrogens (tertiary/aromatic N) is 2. The standard InChI is InChI=1S/C28H33N3O4S/c1-35-26-10-8-9-25(19-26)31(36(33,34)27-11-4-2-5-12-27)22-28(32)29-20-23-13-15-24(16-14-23)21-30-17-6-3-7-18-30/h2,4-5,8-16,19H,3,6-7,17-18,20-22H2,1H3,(H,29,32). The lowest BCUT2D eigenvalue weighted by Crippen LogP contribution is -2.40. The van der Waals surface area contributed by atoms with Crippen LogP contribution in [-0.2, 0) is 27.9 Å². The molecule has 0 spiro atoms. The minimum absolute atomic E-state index is 0.116. The Hall–Kier alpha value is -3.36. The summed E-state index contributed by atoms with van der Waals surface area (Å²) >= 11 is 0. The molecule has 7 nitrogen and oxygen atoms in total. The van der Waals surface area contributed by atoms with E-state index in [9.17, 15) is 13.2 Å². The number of piperidine rings is 1. The second kappa shape index (κ2) is 12.1. The van der Waals surface area contributed by atoms with Crippen molar-refractivity contribution in [1.82, 2.24) is 10.2 Å². The molecule has 0 aliphatic carbocycles. The van der Waals surface area contributed by atoms with Crippen LogP contribution in [-0.4, -0.2) is 46.0 Å². The van der Waals surface area contributed by atoms with E-state index in [-0.39, 0.29) is 11.4 Å². The van der Waals surface area contributed by atoms with Gasteiger partial charge in [0.1, 0.15) is 12.3 Å². The molecule has 0 atom stereocenters. The molecule has 1 aliphatic rings. The normalized spacial score (nSPS) is 14.2. The fourth-order valence-electron chi connectivity index (χ4n) is 4.33. The molecule has 8 heteroatoms. The molecule has 0 unspecified atom stereocenters. The molecule has 1 fully saturated rings. The molecular weight excluding hydrogens is 474 g/mol. The molecule has 1 heterocycles. The zero-order valence-corrected chi connectivity index (χ0v) is 21.4. The minimum atomic E-state index is -3.96. The maximum atomic E-state index is 13.4. The van der Waals surface area contributed by atoms with Gasteiger partial charge in [0.05, 0.1) is 17.7 Å². The van der Waals surface area contributed by atoms with E-state index in [1.165, 1.54) is 44.1 Å². The van der Waals surface area contributed by atoms with Crippen molar-refractivity contribution in [1.29, 1.82) is 0 Å². The number of amides is 1. The maximum absolute atomic E-state index is 13.4. The maximum Gasteiger partial charge on any atom is 0.264 e. The Morgan fingerprint density at radius 2 is 1.61 bits per heavy atom. The molecule has 1 amide bonds. The van der Waals surface area contributed by atoms with Crippen LogP contribution in [0.4, 0.5) is 5.69 Å². The zero-order chi connectivity index (χ0) is 25.4. The topological polar surface area (TPSA) is 79.0 Å². The molecule has 36 heavy (non-hydrogen) atoms. The number of anilines is 1. The fraction of sp³-hybridized carbons (Fsp3) is 0.321. The Morgan fingerprint density at radius 3 is 2.31 bits per heavy atom. The Labute approximate surface area is 213 Å². The molecule has 1 N–H and O–H groups in total. The third-order valence-corrected chi connectivity index (χ3v) is 8.12.